The first-order valence-electron chi connectivity index (χ1n) is 8.98. The van der Waals surface area contributed by atoms with Gasteiger partial charge in [0.05, 0.1) is 6.10 Å². The Morgan fingerprint density at radius 3 is 2.60 bits per heavy atom. The molecule has 1 heterocycles. The number of aliphatic hydroxyl groups excluding tert-OH is 1. The predicted octanol–water partition coefficient (Wildman–Crippen LogP) is 2.15. The Labute approximate surface area is 149 Å². The summed E-state index contributed by atoms with van der Waals surface area (Å²) in [5.41, 5.74) is 3.90. The van der Waals surface area contributed by atoms with Crippen LogP contribution in [0.1, 0.15) is 23.1 Å². The summed E-state index contributed by atoms with van der Waals surface area (Å²) in [6, 6.07) is 18.4. The van der Waals surface area contributed by atoms with Gasteiger partial charge in [0, 0.05) is 32.6 Å². The first kappa shape index (κ1) is 17.6. The topological polar surface area (TPSA) is 52.6 Å². The molecule has 25 heavy (non-hydrogen) atoms. The molecule has 0 spiro atoms. The molecule has 1 amide bonds. The number of hydrogen-bond acceptors (Lipinski definition) is 3. The lowest BCUT2D eigenvalue weighted by Crippen LogP contribution is -2.42. The highest BCUT2D eigenvalue weighted by molar-refractivity contribution is 5.76. The van der Waals surface area contributed by atoms with Crippen molar-refractivity contribution in [3.63, 3.8) is 0 Å². The van der Waals surface area contributed by atoms with E-state index < -0.39 is 6.10 Å². The van der Waals surface area contributed by atoms with Crippen LogP contribution in [0.4, 0.5) is 0 Å². The minimum absolute atomic E-state index is 0.00751. The number of aliphatic hydroxyl groups is 1. The monoisotopic (exact) mass is 338 g/mol. The molecule has 1 aliphatic heterocycles. The first-order chi connectivity index (χ1) is 12.2. The van der Waals surface area contributed by atoms with Gasteiger partial charge in [-0.15, -0.1) is 0 Å². The van der Waals surface area contributed by atoms with Gasteiger partial charge >= 0.3 is 0 Å². The molecule has 2 N–H and O–H groups in total. The number of carbonyl (C=O) groups excluding carboxylic acids is 1. The van der Waals surface area contributed by atoms with E-state index in [4.69, 9.17) is 0 Å². The summed E-state index contributed by atoms with van der Waals surface area (Å²) in [5, 5.41) is 13.1. The van der Waals surface area contributed by atoms with Crippen LogP contribution in [-0.2, 0) is 24.2 Å². The molecule has 132 valence electrons. The number of rotatable bonds is 7. The number of β-amino-alcohol motifs (C(OH)–C–C–N with tert-alkyl or cyclic N) is 1. The molecule has 2 aromatic carbocycles. The summed E-state index contributed by atoms with van der Waals surface area (Å²) in [5.74, 6) is -0.00751. The van der Waals surface area contributed by atoms with Gasteiger partial charge in [-0.05, 0) is 29.5 Å². The zero-order valence-electron chi connectivity index (χ0n) is 14.5. The molecule has 0 radical (unpaired) electrons. The number of nitrogens with zero attached hydrogens (tertiary/aromatic N) is 1. The van der Waals surface area contributed by atoms with E-state index in [9.17, 15) is 9.90 Å². The van der Waals surface area contributed by atoms with Crippen molar-refractivity contribution in [2.45, 2.75) is 31.9 Å². The van der Waals surface area contributed by atoms with E-state index in [2.05, 4.69) is 34.5 Å². The Balaban J connectivity index is 1.37. The predicted molar refractivity (Wildman–Crippen MR) is 99.2 cm³/mol. The van der Waals surface area contributed by atoms with Crippen LogP contribution < -0.4 is 5.32 Å². The van der Waals surface area contributed by atoms with Crippen molar-refractivity contribution in [3.05, 3.63) is 71.3 Å². The van der Waals surface area contributed by atoms with Crippen molar-refractivity contribution in [2.24, 2.45) is 0 Å². The fourth-order valence-corrected chi connectivity index (χ4v) is 3.30. The third kappa shape index (κ3) is 5.41. The summed E-state index contributed by atoms with van der Waals surface area (Å²) in [7, 11) is 0. The first-order valence-corrected chi connectivity index (χ1v) is 8.98. The Morgan fingerprint density at radius 2 is 1.80 bits per heavy atom. The van der Waals surface area contributed by atoms with E-state index in [0.29, 0.717) is 19.5 Å². The third-order valence-corrected chi connectivity index (χ3v) is 4.70. The van der Waals surface area contributed by atoms with Crippen molar-refractivity contribution in [1.29, 1.82) is 0 Å². The minimum atomic E-state index is -0.536. The summed E-state index contributed by atoms with van der Waals surface area (Å²) in [6.45, 7) is 2.73. The molecule has 2 aromatic rings. The molecule has 0 bridgehead atoms. The van der Waals surface area contributed by atoms with Crippen LogP contribution in [0, 0.1) is 0 Å². The quantitative estimate of drug-likeness (QED) is 0.813. The average Bonchev–Trinajstić information content (AvgIpc) is 2.65. The highest BCUT2D eigenvalue weighted by Crippen LogP contribution is 2.18. The zero-order valence-corrected chi connectivity index (χ0v) is 14.5. The molecule has 0 fully saturated rings. The Morgan fingerprint density at radius 1 is 1.08 bits per heavy atom. The molecule has 0 aliphatic carbocycles. The maximum Gasteiger partial charge on any atom is 0.220 e. The number of aryl methyl sites for hydroxylation is 1. The molecule has 0 saturated carbocycles. The summed E-state index contributed by atoms with van der Waals surface area (Å²) in [4.78, 5) is 14.2. The van der Waals surface area contributed by atoms with Gasteiger partial charge in [-0.1, -0.05) is 54.6 Å². The van der Waals surface area contributed by atoms with Gasteiger partial charge in [0.25, 0.3) is 0 Å². The second-order valence-electron chi connectivity index (χ2n) is 6.70. The largest absolute Gasteiger partial charge is 0.390 e. The van der Waals surface area contributed by atoms with Gasteiger partial charge in [0.2, 0.25) is 5.91 Å². The fraction of sp³-hybridized carbons (Fsp3) is 0.381. The van der Waals surface area contributed by atoms with Crippen molar-refractivity contribution in [2.75, 3.05) is 19.6 Å². The number of fused-ring (bicyclic) bond motifs is 1. The lowest BCUT2D eigenvalue weighted by molar-refractivity contribution is -0.121. The molecular formula is C21H26N2O2. The summed E-state index contributed by atoms with van der Waals surface area (Å²) in [6.07, 6.45) is 1.66. The second kappa shape index (κ2) is 8.79. The van der Waals surface area contributed by atoms with Gasteiger partial charge in [-0.3, -0.25) is 9.69 Å². The number of amides is 1. The molecule has 4 heteroatoms. The Hall–Kier alpha value is -2.17. The number of carbonyl (C=O) groups is 1. The van der Waals surface area contributed by atoms with Crippen LogP contribution in [0.3, 0.4) is 0 Å². The van der Waals surface area contributed by atoms with E-state index in [1.54, 1.807) is 0 Å². The third-order valence-electron chi connectivity index (χ3n) is 4.70. The zero-order chi connectivity index (χ0) is 17.5. The van der Waals surface area contributed by atoms with Gasteiger partial charge in [-0.25, -0.2) is 0 Å². The average molecular weight is 338 g/mol. The maximum atomic E-state index is 11.9. The van der Waals surface area contributed by atoms with Crippen molar-refractivity contribution in [1.82, 2.24) is 10.2 Å². The van der Waals surface area contributed by atoms with E-state index in [1.165, 1.54) is 11.1 Å². The molecule has 0 aromatic heterocycles. The normalized spacial score (nSPS) is 15.4. The smallest absolute Gasteiger partial charge is 0.220 e. The Kier molecular flexibility index (Phi) is 6.20. The van der Waals surface area contributed by atoms with E-state index in [1.807, 2.05) is 30.3 Å². The molecule has 0 saturated heterocycles. The SMILES string of the molecule is O=C(CCc1ccccc1)NCC(O)CN1CCc2ccccc2C1. The van der Waals surface area contributed by atoms with Crippen molar-refractivity contribution < 1.29 is 9.90 Å². The lowest BCUT2D eigenvalue weighted by atomic mass is 10.00. The molecule has 4 nitrogen and oxygen atoms in total. The van der Waals surface area contributed by atoms with Gasteiger partial charge in [0.1, 0.15) is 0 Å². The Bertz CT molecular complexity index is 687. The highest BCUT2D eigenvalue weighted by Gasteiger charge is 2.18. The van der Waals surface area contributed by atoms with Crippen LogP contribution in [0.5, 0.6) is 0 Å². The van der Waals surface area contributed by atoms with E-state index in [0.717, 1.165) is 31.5 Å². The fourth-order valence-electron chi connectivity index (χ4n) is 3.30. The molecule has 3 rings (SSSR count). The van der Waals surface area contributed by atoms with E-state index in [-0.39, 0.29) is 5.91 Å². The molecule has 1 aliphatic rings. The van der Waals surface area contributed by atoms with Crippen LogP contribution in [-0.4, -0.2) is 41.7 Å². The molecule has 1 unspecified atom stereocenters. The number of nitrogens with one attached hydrogen (secondary N) is 1. The van der Waals surface area contributed by atoms with Crippen molar-refractivity contribution in [3.8, 4) is 0 Å². The lowest BCUT2D eigenvalue weighted by Gasteiger charge is -2.30. The van der Waals surface area contributed by atoms with Crippen LogP contribution in [0.25, 0.3) is 0 Å². The van der Waals surface area contributed by atoms with Gasteiger partial charge in [0.15, 0.2) is 0 Å². The molecule has 1 atom stereocenters. The van der Waals surface area contributed by atoms with Gasteiger partial charge in [-0.2, -0.15) is 0 Å². The second-order valence-corrected chi connectivity index (χ2v) is 6.70. The highest BCUT2D eigenvalue weighted by atomic mass is 16.3. The minimum Gasteiger partial charge on any atom is -0.390 e. The summed E-state index contributed by atoms with van der Waals surface area (Å²) < 4.78 is 0. The number of hydrogen-bond donors (Lipinski definition) is 2. The standard InChI is InChI=1S/C21H26N2O2/c24-20(14-22-21(25)11-10-17-6-2-1-3-7-17)16-23-13-12-18-8-4-5-9-19(18)15-23/h1-9,20,24H,10-16H2,(H,22,25). The molecular weight excluding hydrogens is 312 g/mol. The maximum absolute atomic E-state index is 11.9. The van der Waals surface area contributed by atoms with Crippen LogP contribution >= 0.6 is 0 Å². The van der Waals surface area contributed by atoms with Crippen molar-refractivity contribution >= 4 is 5.91 Å². The van der Waals surface area contributed by atoms with Crippen LogP contribution in [0.15, 0.2) is 54.6 Å². The van der Waals surface area contributed by atoms with Crippen LogP contribution in [0.2, 0.25) is 0 Å². The van der Waals surface area contributed by atoms with Gasteiger partial charge < -0.3 is 10.4 Å². The number of benzene rings is 2. The summed E-state index contributed by atoms with van der Waals surface area (Å²) >= 11 is 0. The van der Waals surface area contributed by atoms with E-state index >= 15 is 0 Å².